The van der Waals surface area contributed by atoms with Gasteiger partial charge < -0.3 is 0 Å². The van der Waals surface area contributed by atoms with Gasteiger partial charge >= 0.3 is 0 Å². The van der Waals surface area contributed by atoms with E-state index in [-0.39, 0.29) is 0 Å². The zero-order valence-corrected chi connectivity index (χ0v) is 32.2. The summed E-state index contributed by atoms with van der Waals surface area (Å²) in [5.74, 6) is 0.707. The zero-order chi connectivity index (χ0) is 38.2. The summed E-state index contributed by atoms with van der Waals surface area (Å²) in [6.45, 7) is 0. The first-order valence-electron chi connectivity index (χ1n) is 19.8. The van der Waals surface area contributed by atoms with Gasteiger partial charge in [-0.15, -0.1) is 0 Å². The minimum Gasteiger partial charge on any atom is -0.228 e. The molecule has 0 unspecified atom stereocenters. The molecule has 0 bridgehead atoms. The van der Waals surface area contributed by atoms with Gasteiger partial charge in [0.2, 0.25) is 0 Å². The summed E-state index contributed by atoms with van der Waals surface area (Å²) in [7, 11) is 0. The number of aromatic nitrogens is 2. The van der Waals surface area contributed by atoms with Crippen LogP contribution in [0.25, 0.3) is 77.7 Å². The van der Waals surface area contributed by atoms with Gasteiger partial charge in [-0.1, -0.05) is 200 Å². The molecule has 2 heterocycles. The van der Waals surface area contributed by atoms with E-state index in [2.05, 4.69) is 200 Å². The van der Waals surface area contributed by atoms with Gasteiger partial charge in [0.25, 0.3) is 0 Å². The predicted molar refractivity (Wildman–Crippen MR) is 240 cm³/mol. The predicted octanol–water partition coefficient (Wildman–Crippen LogP) is 14.3. The average Bonchev–Trinajstić information content (AvgIpc) is 3.59. The van der Waals surface area contributed by atoms with Gasteiger partial charge in [-0.3, -0.25) is 0 Å². The van der Waals surface area contributed by atoms with Crippen molar-refractivity contribution in [2.24, 2.45) is 0 Å². The molecule has 1 aliphatic carbocycles. The number of benzene rings is 9. The molecule has 12 rings (SSSR count). The molecule has 0 fully saturated rings. The van der Waals surface area contributed by atoms with Crippen LogP contribution < -0.4 is 0 Å². The van der Waals surface area contributed by atoms with Crippen LogP contribution in [0.15, 0.2) is 216 Å². The van der Waals surface area contributed by atoms with Gasteiger partial charge in [-0.2, -0.15) is 0 Å². The summed E-state index contributed by atoms with van der Waals surface area (Å²) in [6.07, 6.45) is 0. The highest BCUT2D eigenvalue weighted by Gasteiger charge is 2.50. The summed E-state index contributed by atoms with van der Waals surface area (Å²) >= 11 is 1.89. The Morgan fingerprint density at radius 3 is 1.74 bits per heavy atom. The molecule has 0 saturated carbocycles. The van der Waals surface area contributed by atoms with Crippen molar-refractivity contribution in [2.45, 2.75) is 15.2 Å². The minimum atomic E-state index is -0.445. The number of nitrogens with zero attached hydrogens (tertiary/aromatic N) is 2. The van der Waals surface area contributed by atoms with Crippen LogP contribution in [0.3, 0.4) is 0 Å². The molecule has 58 heavy (non-hydrogen) atoms. The molecule has 0 saturated heterocycles. The second-order valence-electron chi connectivity index (χ2n) is 15.2. The molecule has 270 valence electrons. The zero-order valence-electron chi connectivity index (χ0n) is 31.4. The lowest BCUT2D eigenvalue weighted by Crippen LogP contribution is -2.32. The van der Waals surface area contributed by atoms with Crippen molar-refractivity contribution in [1.82, 2.24) is 9.97 Å². The van der Waals surface area contributed by atoms with Crippen LogP contribution in [0, 0.1) is 0 Å². The third kappa shape index (κ3) is 4.87. The molecule has 0 N–H and O–H groups in total. The summed E-state index contributed by atoms with van der Waals surface area (Å²) < 4.78 is 0. The van der Waals surface area contributed by atoms with Gasteiger partial charge in [0.1, 0.15) is 0 Å². The summed E-state index contributed by atoms with van der Waals surface area (Å²) in [4.78, 5) is 13.2. The van der Waals surface area contributed by atoms with E-state index in [9.17, 15) is 0 Å². The fourth-order valence-electron chi connectivity index (χ4n) is 9.65. The number of hydrogen-bond acceptors (Lipinski definition) is 3. The molecule has 0 atom stereocenters. The Kier molecular flexibility index (Phi) is 7.41. The molecule has 0 radical (unpaired) electrons. The molecule has 10 aromatic rings. The first-order chi connectivity index (χ1) is 28.8. The fraction of sp³-hybridized carbons (Fsp3) is 0.0182. The first kappa shape index (κ1) is 33.1. The third-order valence-electron chi connectivity index (χ3n) is 12.2. The van der Waals surface area contributed by atoms with E-state index in [4.69, 9.17) is 9.97 Å². The van der Waals surface area contributed by atoms with Gasteiger partial charge in [0.15, 0.2) is 5.82 Å². The van der Waals surface area contributed by atoms with Crippen molar-refractivity contribution in [3.8, 4) is 56.2 Å². The van der Waals surface area contributed by atoms with Crippen molar-refractivity contribution >= 4 is 33.3 Å². The maximum Gasteiger partial charge on any atom is 0.160 e. The van der Waals surface area contributed by atoms with Crippen molar-refractivity contribution in [1.29, 1.82) is 0 Å². The molecular formula is C55H34N2S. The quantitative estimate of drug-likeness (QED) is 0.167. The van der Waals surface area contributed by atoms with Gasteiger partial charge in [-0.05, 0) is 84.3 Å². The number of hydrogen-bond donors (Lipinski definition) is 0. The second-order valence-corrected chi connectivity index (χ2v) is 16.3. The first-order valence-corrected chi connectivity index (χ1v) is 20.6. The van der Waals surface area contributed by atoms with Crippen molar-refractivity contribution in [2.75, 3.05) is 0 Å². The van der Waals surface area contributed by atoms with Crippen LogP contribution in [-0.2, 0) is 5.41 Å². The maximum absolute atomic E-state index is 5.35. The molecule has 2 nitrogen and oxygen atoms in total. The smallest absolute Gasteiger partial charge is 0.160 e. The van der Waals surface area contributed by atoms with Crippen LogP contribution in [0.4, 0.5) is 0 Å². The highest BCUT2D eigenvalue weighted by atomic mass is 32.2. The van der Waals surface area contributed by atoms with Crippen LogP contribution >= 0.6 is 11.8 Å². The molecule has 9 aromatic carbocycles. The summed E-state index contributed by atoms with van der Waals surface area (Å²) in [5, 5.41) is 4.93. The normalized spacial score (nSPS) is 13.2. The van der Waals surface area contributed by atoms with E-state index >= 15 is 0 Å². The topological polar surface area (TPSA) is 25.8 Å². The number of fused-ring (bicyclic) bond motifs is 12. The molecule has 1 spiro atoms. The molecule has 0 amide bonds. The number of rotatable bonds is 4. The van der Waals surface area contributed by atoms with E-state index in [0.29, 0.717) is 5.82 Å². The molecule has 1 aliphatic heterocycles. The Labute approximate surface area is 341 Å². The lowest BCUT2D eigenvalue weighted by atomic mass is 9.67. The molecule has 2 aliphatic rings. The van der Waals surface area contributed by atoms with Crippen LogP contribution in [0.5, 0.6) is 0 Å². The third-order valence-corrected chi connectivity index (χ3v) is 13.4. The standard InChI is InChI=1S/C55H34N2S/c1-2-16-36(17-3-1)54-56-50(38-31-32-40-37(33-38)30-29-35-15-4-5-18-39(35)40)34-51(57-54)44-22-7-6-19-41(44)45-23-14-27-49-53(45)58-52-28-13-12-26-48(52)55(49)46-24-10-8-20-42(46)43-21-9-11-25-47(43)55/h1-34H. The maximum atomic E-state index is 5.35. The second kappa shape index (κ2) is 13.0. The fourth-order valence-corrected chi connectivity index (χ4v) is 11.0. The highest BCUT2D eigenvalue weighted by Crippen LogP contribution is 2.63. The SMILES string of the molecule is c1ccc(-c2nc(-c3ccc4c(ccc5ccccc54)c3)cc(-c3ccccc3-c3cccc4c3Sc3ccccc3C43c4ccccc4-c4ccccc43)n2)cc1. The lowest BCUT2D eigenvalue weighted by Gasteiger charge is -2.40. The summed E-state index contributed by atoms with van der Waals surface area (Å²) in [6, 6.07) is 75.0. The minimum absolute atomic E-state index is 0.445. The largest absolute Gasteiger partial charge is 0.228 e. The molecule has 1 aromatic heterocycles. The molecule has 3 heteroatoms. The highest BCUT2D eigenvalue weighted by molar-refractivity contribution is 7.99. The van der Waals surface area contributed by atoms with Crippen LogP contribution in [0.2, 0.25) is 0 Å². The Bertz CT molecular complexity index is 3230. The van der Waals surface area contributed by atoms with Crippen molar-refractivity contribution in [3.05, 3.63) is 229 Å². The van der Waals surface area contributed by atoms with E-state index in [1.54, 1.807) is 0 Å². The Hall–Kier alpha value is -7.07. The van der Waals surface area contributed by atoms with Gasteiger partial charge in [0, 0.05) is 26.5 Å². The van der Waals surface area contributed by atoms with Crippen LogP contribution in [0.1, 0.15) is 22.3 Å². The Morgan fingerprint density at radius 1 is 0.345 bits per heavy atom. The van der Waals surface area contributed by atoms with Gasteiger partial charge in [0.05, 0.1) is 16.8 Å². The summed E-state index contributed by atoms with van der Waals surface area (Å²) in [5.41, 5.74) is 14.8. The lowest BCUT2D eigenvalue weighted by molar-refractivity contribution is 0.723. The van der Waals surface area contributed by atoms with E-state index < -0.39 is 5.41 Å². The van der Waals surface area contributed by atoms with E-state index in [1.807, 2.05) is 17.8 Å². The van der Waals surface area contributed by atoms with Crippen molar-refractivity contribution < 1.29 is 0 Å². The Balaban J connectivity index is 1.08. The Morgan fingerprint density at radius 2 is 0.931 bits per heavy atom. The molecular weight excluding hydrogens is 721 g/mol. The van der Waals surface area contributed by atoms with E-state index in [1.165, 1.54) is 70.3 Å². The van der Waals surface area contributed by atoms with Gasteiger partial charge in [-0.25, -0.2) is 9.97 Å². The monoisotopic (exact) mass is 754 g/mol. The average molecular weight is 755 g/mol. The van der Waals surface area contributed by atoms with Crippen molar-refractivity contribution in [3.63, 3.8) is 0 Å². The van der Waals surface area contributed by atoms with E-state index in [0.717, 1.165) is 33.6 Å². The van der Waals surface area contributed by atoms with Crippen LogP contribution in [-0.4, -0.2) is 9.97 Å².